The number of hydrogen-bond acceptors (Lipinski definition) is 4. The number of nitrogens with zero attached hydrogens (tertiary/aromatic N) is 3. The topological polar surface area (TPSA) is 92.5 Å². The number of aromatic nitrogens is 1. The van der Waals surface area contributed by atoms with E-state index in [1.165, 1.54) is 11.3 Å². The van der Waals surface area contributed by atoms with Gasteiger partial charge in [0.15, 0.2) is 5.03 Å². The van der Waals surface area contributed by atoms with Crippen molar-refractivity contribution in [3.8, 4) is 0 Å². The molecule has 0 aliphatic rings. The normalized spacial score (nSPS) is 11.1. The summed E-state index contributed by atoms with van der Waals surface area (Å²) in [5, 5.41) is 20.4. The minimum atomic E-state index is -0.763. The Morgan fingerprint density at radius 2 is 2.64 bits per heavy atom. The minimum Gasteiger partial charge on any atom is -0.354 e. The highest BCUT2D eigenvalue weighted by molar-refractivity contribution is 7.09. The number of guanidine groups is 1. The zero-order valence-corrected chi connectivity index (χ0v) is 8.24. The lowest BCUT2D eigenvalue weighted by Crippen LogP contribution is -2.35. The van der Waals surface area contributed by atoms with Crippen molar-refractivity contribution in [1.29, 1.82) is 0 Å². The van der Waals surface area contributed by atoms with Gasteiger partial charge in [-0.3, -0.25) is 0 Å². The average molecular weight is 215 g/mol. The maximum atomic E-state index is 10.1. The Hall–Kier alpha value is -1.70. The van der Waals surface area contributed by atoms with E-state index in [1.807, 2.05) is 5.38 Å². The number of nitro groups is 1. The molecule has 0 saturated heterocycles. The van der Waals surface area contributed by atoms with Crippen LogP contribution in [0.5, 0.6) is 0 Å². The summed E-state index contributed by atoms with van der Waals surface area (Å²) in [6.07, 6.45) is 1.67. The van der Waals surface area contributed by atoms with Gasteiger partial charge in [0.2, 0.25) is 0 Å². The van der Waals surface area contributed by atoms with E-state index in [1.54, 1.807) is 13.2 Å². The second-order valence-corrected chi connectivity index (χ2v) is 3.19. The Balaban J connectivity index is 2.46. The SMILES string of the molecule is CNC(=N[N+](=O)[O-])NCc1nccs1. The Morgan fingerprint density at radius 1 is 1.86 bits per heavy atom. The summed E-state index contributed by atoms with van der Waals surface area (Å²) in [6, 6.07) is 0. The second-order valence-electron chi connectivity index (χ2n) is 2.22. The molecule has 1 heterocycles. The third-order valence-corrected chi connectivity index (χ3v) is 2.09. The van der Waals surface area contributed by atoms with Crippen LogP contribution in [-0.4, -0.2) is 23.0 Å². The highest BCUT2D eigenvalue weighted by Crippen LogP contribution is 2.02. The molecule has 7 nitrogen and oxygen atoms in total. The van der Waals surface area contributed by atoms with Crippen molar-refractivity contribution in [3.63, 3.8) is 0 Å². The fourth-order valence-corrected chi connectivity index (χ4v) is 1.31. The third kappa shape index (κ3) is 3.35. The molecule has 0 aliphatic carbocycles. The van der Waals surface area contributed by atoms with E-state index in [9.17, 15) is 10.1 Å². The molecule has 2 N–H and O–H groups in total. The van der Waals surface area contributed by atoms with Gasteiger partial charge in [-0.1, -0.05) is 0 Å². The van der Waals surface area contributed by atoms with Crippen LogP contribution < -0.4 is 10.6 Å². The smallest absolute Gasteiger partial charge is 0.268 e. The fourth-order valence-electron chi connectivity index (χ4n) is 0.755. The molecule has 0 atom stereocenters. The van der Waals surface area contributed by atoms with E-state index < -0.39 is 5.03 Å². The summed E-state index contributed by atoms with van der Waals surface area (Å²) in [4.78, 5) is 14.1. The van der Waals surface area contributed by atoms with Crippen molar-refractivity contribution in [2.75, 3.05) is 7.05 Å². The number of hydrogen-bond donors (Lipinski definition) is 2. The van der Waals surface area contributed by atoms with Gasteiger partial charge in [0.05, 0.1) is 6.54 Å². The Labute approximate surface area is 84.0 Å². The van der Waals surface area contributed by atoms with Crippen LogP contribution in [0.3, 0.4) is 0 Å². The van der Waals surface area contributed by atoms with Gasteiger partial charge in [0.1, 0.15) is 10.1 Å². The number of rotatable bonds is 3. The quantitative estimate of drug-likeness (QED) is 0.320. The molecule has 1 rings (SSSR count). The van der Waals surface area contributed by atoms with Crippen LogP contribution in [0.15, 0.2) is 16.7 Å². The Kier molecular flexibility index (Phi) is 3.80. The molecule has 8 heteroatoms. The average Bonchev–Trinajstić information content (AvgIpc) is 2.64. The van der Waals surface area contributed by atoms with Crippen molar-refractivity contribution in [2.24, 2.45) is 5.10 Å². The van der Waals surface area contributed by atoms with E-state index >= 15 is 0 Å². The standard InChI is InChI=1S/C6H9N5O2S/c1-7-6(10-11(12)13)9-4-5-8-2-3-14-5/h2-3H,4H2,1H3,(H2,7,9,10). The van der Waals surface area contributed by atoms with Gasteiger partial charge in [0.25, 0.3) is 5.96 Å². The Morgan fingerprint density at radius 3 is 3.14 bits per heavy atom. The number of nitrogens with one attached hydrogen (secondary N) is 2. The molecule has 0 fully saturated rings. The molecule has 0 radical (unpaired) electrons. The molecule has 1 aromatic heterocycles. The van der Waals surface area contributed by atoms with Crippen molar-refractivity contribution in [1.82, 2.24) is 15.6 Å². The maximum absolute atomic E-state index is 10.1. The Bertz CT molecular complexity index is 323. The first-order valence-corrected chi connectivity index (χ1v) is 4.63. The lowest BCUT2D eigenvalue weighted by Gasteiger charge is -2.02. The fraction of sp³-hybridized carbons (Fsp3) is 0.333. The summed E-state index contributed by atoms with van der Waals surface area (Å²) in [7, 11) is 1.55. The van der Waals surface area contributed by atoms with Crippen molar-refractivity contribution >= 4 is 17.3 Å². The number of thiazole rings is 1. The van der Waals surface area contributed by atoms with Gasteiger partial charge in [-0.15, -0.1) is 11.3 Å². The maximum Gasteiger partial charge on any atom is 0.268 e. The summed E-state index contributed by atoms with van der Waals surface area (Å²) < 4.78 is 0. The predicted octanol–water partition coefficient (Wildman–Crippen LogP) is -0.000200. The molecular formula is C6H9N5O2S. The van der Waals surface area contributed by atoms with Crippen LogP contribution in [0.1, 0.15) is 5.01 Å². The van der Waals surface area contributed by atoms with Gasteiger partial charge in [-0.25, -0.2) is 15.1 Å². The zero-order valence-electron chi connectivity index (χ0n) is 7.43. The van der Waals surface area contributed by atoms with E-state index in [0.29, 0.717) is 6.54 Å². The molecule has 0 aromatic carbocycles. The molecule has 76 valence electrons. The van der Waals surface area contributed by atoms with Crippen LogP contribution in [0.2, 0.25) is 0 Å². The lowest BCUT2D eigenvalue weighted by atomic mass is 10.6. The molecule has 0 aliphatic heterocycles. The van der Waals surface area contributed by atoms with Gasteiger partial charge >= 0.3 is 0 Å². The predicted molar refractivity (Wildman–Crippen MR) is 52.4 cm³/mol. The first kappa shape index (κ1) is 10.4. The zero-order chi connectivity index (χ0) is 10.4. The van der Waals surface area contributed by atoms with Crippen molar-refractivity contribution in [3.05, 3.63) is 26.7 Å². The van der Waals surface area contributed by atoms with Gasteiger partial charge in [-0.2, -0.15) is 0 Å². The van der Waals surface area contributed by atoms with Crippen LogP contribution >= 0.6 is 11.3 Å². The van der Waals surface area contributed by atoms with Crippen molar-refractivity contribution in [2.45, 2.75) is 6.54 Å². The summed E-state index contributed by atoms with van der Waals surface area (Å²) >= 11 is 1.47. The van der Waals surface area contributed by atoms with Gasteiger partial charge in [-0.05, 0) is 0 Å². The van der Waals surface area contributed by atoms with E-state index in [-0.39, 0.29) is 5.96 Å². The summed E-state index contributed by atoms with van der Waals surface area (Å²) in [5.74, 6) is 0.116. The summed E-state index contributed by atoms with van der Waals surface area (Å²) in [5.41, 5.74) is 0. The highest BCUT2D eigenvalue weighted by Gasteiger charge is 2.02. The molecule has 0 unspecified atom stereocenters. The van der Waals surface area contributed by atoms with Crippen LogP contribution in [0.25, 0.3) is 0 Å². The minimum absolute atomic E-state index is 0.116. The molecule has 0 spiro atoms. The molecule has 14 heavy (non-hydrogen) atoms. The molecule has 0 amide bonds. The van der Waals surface area contributed by atoms with E-state index in [4.69, 9.17) is 0 Å². The third-order valence-electron chi connectivity index (χ3n) is 1.31. The van der Waals surface area contributed by atoms with E-state index in [0.717, 1.165) is 5.01 Å². The van der Waals surface area contributed by atoms with Gasteiger partial charge < -0.3 is 10.6 Å². The number of hydrazone groups is 1. The van der Waals surface area contributed by atoms with Crippen LogP contribution in [0, 0.1) is 10.1 Å². The first-order chi connectivity index (χ1) is 6.72. The molecule has 1 aromatic rings. The van der Waals surface area contributed by atoms with Crippen LogP contribution in [-0.2, 0) is 6.54 Å². The van der Waals surface area contributed by atoms with E-state index in [2.05, 4.69) is 20.7 Å². The van der Waals surface area contributed by atoms with Crippen molar-refractivity contribution < 1.29 is 5.03 Å². The monoisotopic (exact) mass is 215 g/mol. The molecular weight excluding hydrogens is 206 g/mol. The van der Waals surface area contributed by atoms with Crippen LogP contribution in [0.4, 0.5) is 0 Å². The van der Waals surface area contributed by atoms with Gasteiger partial charge in [0, 0.05) is 18.6 Å². The summed E-state index contributed by atoms with van der Waals surface area (Å²) in [6.45, 7) is 0.422. The second kappa shape index (κ2) is 5.12. The molecule has 0 saturated carbocycles. The largest absolute Gasteiger partial charge is 0.354 e. The lowest BCUT2D eigenvalue weighted by molar-refractivity contribution is -0.485. The molecule has 0 bridgehead atoms. The first-order valence-electron chi connectivity index (χ1n) is 3.75. The highest BCUT2D eigenvalue weighted by atomic mass is 32.1.